The summed E-state index contributed by atoms with van der Waals surface area (Å²) in [6.07, 6.45) is 0. The quantitative estimate of drug-likeness (QED) is 0.674. The van der Waals surface area contributed by atoms with Gasteiger partial charge in [-0.25, -0.2) is 0 Å². The molecule has 0 saturated heterocycles. The van der Waals surface area contributed by atoms with E-state index < -0.39 is 5.97 Å². The zero-order valence-electron chi connectivity index (χ0n) is 14.0. The van der Waals surface area contributed by atoms with Crippen molar-refractivity contribution in [2.45, 2.75) is 13.0 Å². The number of nitrogens with one attached hydrogen (secondary N) is 2. The Morgan fingerprint density at radius 2 is 1.82 bits per heavy atom. The third kappa shape index (κ3) is 5.73. The maximum atomic E-state index is 11.6. The number of esters is 1. The number of anilines is 1. The maximum absolute atomic E-state index is 11.6. The molecule has 0 saturated carbocycles. The van der Waals surface area contributed by atoms with Gasteiger partial charge in [0.15, 0.2) is 6.61 Å². The number of amides is 1. The van der Waals surface area contributed by atoms with Gasteiger partial charge in [-0.3, -0.25) is 9.59 Å². The molecule has 1 amide bonds. The summed E-state index contributed by atoms with van der Waals surface area (Å²) in [5.41, 5.74) is 2.29. The van der Waals surface area contributed by atoms with Crippen LogP contribution in [-0.4, -0.2) is 53.2 Å². The second-order valence-corrected chi connectivity index (χ2v) is 5.70. The van der Waals surface area contributed by atoms with Crippen LogP contribution in [0.15, 0.2) is 24.3 Å². The fraction of sp³-hybridized carbons (Fsp3) is 0.500. The van der Waals surface area contributed by atoms with Crippen LogP contribution in [0.25, 0.3) is 0 Å². The first-order chi connectivity index (χ1) is 10.3. The van der Waals surface area contributed by atoms with Gasteiger partial charge >= 0.3 is 5.97 Å². The molecule has 1 atom stereocenters. The van der Waals surface area contributed by atoms with Crippen molar-refractivity contribution >= 4 is 17.6 Å². The largest absolute Gasteiger partial charge is 0.456 e. The van der Waals surface area contributed by atoms with Crippen molar-refractivity contribution < 1.29 is 19.2 Å². The van der Waals surface area contributed by atoms with E-state index in [1.165, 1.54) is 11.8 Å². The van der Waals surface area contributed by atoms with Crippen molar-refractivity contribution in [3.05, 3.63) is 29.8 Å². The van der Waals surface area contributed by atoms with Crippen molar-refractivity contribution in [2.75, 3.05) is 46.2 Å². The summed E-state index contributed by atoms with van der Waals surface area (Å²) in [6.45, 7) is 1.54. The van der Waals surface area contributed by atoms with Crippen molar-refractivity contribution in [3.63, 3.8) is 0 Å². The minimum atomic E-state index is -0.454. The molecule has 0 radical (unpaired) electrons. The van der Waals surface area contributed by atoms with Gasteiger partial charge in [-0.2, -0.15) is 0 Å². The van der Waals surface area contributed by atoms with Crippen LogP contribution in [0.5, 0.6) is 0 Å². The second-order valence-electron chi connectivity index (χ2n) is 5.70. The van der Waals surface area contributed by atoms with Crippen molar-refractivity contribution in [1.29, 1.82) is 0 Å². The monoisotopic (exact) mass is 308 g/mol. The first kappa shape index (κ1) is 18.0. The molecule has 0 aromatic heterocycles. The third-order valence-electron chi connectivity index (χ3n) is 3.42. The molecule has 0 heterocycles. The summed E-state index contributed by atoms with van der Waals surface area (Å²) in [4.78, 5) is 25.6. The smallest absolute Gasteiger partial charge is 0.303 e. The molecule has 22 heavy (non-hydrogen) atoms. The Morgan fingerprint density at radius 1 is 1.23 bits per heavy atom. The van der Waals surface area contributed by atoms with E-state index in [1.54, 1.807) is 0 Å². The number of likely N-dealkylation sites (N-methyl/N-ethyl adjacent to an activating group) is 1. The molecular formula is C16H26N3O3+. The van der Waals surface area contributed by atoms with Crippen LogP contribution >= 0.6 is 0 Å². The van der Waals surface area contributed by atoms with E-state index in [2.05, 4.69) is 34.3 Å². The molecule has 0 fully saturated rings. The van der Waals surface area contributed by atoms with Crippen LogP contribution in [-0.2, 0) is 14.3 Å². The summed E-state index contributed by atoms with van der Waals surface area (Å²) in [5, 5.41) is 2.81. The topological polar surface area (TPSA) is 63.1 Å². The third-order valence-corrected chi connectivity index (χ3v) is 3.42. The van der Waals surface area contributed by atoms with Crippen LogP contribution < -0.4 is 15.1 Å². The lowest BCUT2D eigenvalue weighted by atomic mass is 10.1. The molecular weight excluding hydrogens is 282 g/mol. The Morgan fingerprint density at radius 3 is 2.27 bits per heavy atom. The minimum absolute atomic E-state index is 0.137. The number of ether oxygens (including phenoxy) is 1. The van der Waals surface area contributed by atoms with Gasteiger partial charge in [0.25, 0.3) is 5.91 Å². The zero-order chi connectivity index (χ0) is 16.7. The molecule has 1 aromatic rings. The molecule has 6 heteroatoms. The minimum Gasteiger partial charge on any atom is -0.456 e. The Hall–Kier alpha value is -2.08. The molecule has 1 aromatic carbocycles. The van der Waals surface area contributed by atoms with E-state index in [0.29, 0.717) is 6.54 Å². The van der Waals surface area contributed by atoms with Gasteiger partial charge in [-0.15, -0.1) is 0 Å². The Balaban J connectivity index is 2.65. The normalized spacial score (nSPS) is 11.9. The standard InChI is InChI=1S/C16H25N3O3/c1-12(20)22-11-16(21)17-10-15(19(4)5)13-6-8-14(9-7-13)18(2)3/h6-9,15H,10-11H2,1-5H3,(H,17,21)/p+1/t15-/m1/s1. The highest BCUT2D eigenvalue weighted by molar-refractivity contribution is 5.79. The van der Waals surface area contributed by atoms with Crippen molar-refractivity contribution in [1.82, 2.24) is 5.32 Å². The highest BCUT2D eigenvalue weighted by Crippen LogP contribution is 2.15. The number of nitrogens with zero attached hydrogens (tertiary/aromatic N) is 1. The average Bonchev–Trinajstić information content (AvgIpc) is 2.45. The molecule has 2 N–H and O–H groups in total. The number of benzene rings is 1. The first-order valence-electron chi connectivity index (χ1n) is 7.28. The van der Waals surface area contributed by atoms with E-state index >= 15 is 0 Å². The van der Waals surface area contributed by atoms with Crippen LogP contribution in [0, 0.1) is 0 Å². The number of carbonyl (C=O) groups is 2. The van der Waals surface area contributed by atoms with E-state index in [1.807, 2.05) is 33.1 Å². The Bertz CT molecular complexity index is 498. The summed E-state index contributed by atoms with van der Waals surface area (Å²) in [5.74, 6) is -0.740. The summed E-state index contributed by atoms with van der Waals surface area (Å²) in [7, 11) is 8.09. The van der Waals surface area contributed by atoms with Gasteiger partial charge in [0.2, 0.25) is 0 Å². The molecule has 0 aliphatic heterocycles. The van der Waals surface area contributed by atoms with Crippen LogP contribution in [0.2, 0.25) is 0 Å². The second kappa shape index (κ2) is 8.38. The van der Waals surface area contributed by atoms with Gasteiger partial charge in [0.1, 0.15) is 6.04 Å². The van der Waals surface area contributed by atoms with Crippen molar-refractivity contribution in [2.24, 2.45) is 0 Å². The fourth-order valence-corrected chi connectivity index (χ4v) is 2.09. The predicted octanol–water partition coefficient (Wildman–Crippen LogP) is -0.382. The van der Waals surface area contributed by atoms with Crippen LogP contribution in [0.4, 0.5) is 5.69 Å². The van der Waals surface area contributed by atoms with Gasteiger partial charge in [0.05, 0.1) is 20.6 Å². The SMILES string of the molecule is CC(=O)OCC(=O)NC[C@H](c1ccc(N(C)C)cc1)[NH+](C)C. The molecule has 1 rings (SSSR count). The van der Waals surface area contributed by atoms with E-state index in [-0.39, 0.29) is 18.6 Å². The van der Waals surface area contributed by atoms with Gasteiger partial charge in [0, 0.05) is 32.3 Å². The lowest BCUT2D eigenvalue weighted by molar-refractivity contribution is -0.890. The lowest BCUT2D eigenvalue weighted by Gasteiger charge is -2.23. The fourth-order valence-electron chi connectivity index (χ4n) is 2.09. The van der Waals surface area contributed by atoms with Gasteiger partial charge in [-0.05, 0) is 12.1 Å². The highest BCUT2D eigenvalue weighted by Gasteiger charge is 2.19. The summed E-state index contributed by atoms with van der Waals surface area (Å²) < 4.78 is 4.68. The molecule has 6 nitrogen and oxygen atoms in total. The van der Waals surface area contributed by atoms with Crippen molar-refractivity contribution in [3.8, 4) is 0 Å². The number of carbonyl (C=O) groups excluding carboxylic acids is 2. The number of quaternary nitrogens is 1. The summed E-state index contributed by atoms with van der Waals surface area (Å²) in [6, 6.07) is 8.41. The molecule has 122 valence electrons. The molecule has 0 bridgehead atoms. The lowest BCUT2D eigenvalue weighted by Crippen LogP contribution is -3.07. The Kier molecular flexibility index (Phi) is 6.85. The van der Waals surface area contributed by atoms with E-state index in [0.717, 1.165) is 11.3 Å². The van der Waals surface area contributed by atoms with Crippen LogP contribution in [0.3, 0.4) is 0 Å². The number of rotatable bonds is 7. The van der Waals surface area contributed by atoms with Gasteiger partial charge < -0.3 is 19.9 Å². The van der Waals surface area contributed by atoms with E-state index in [9.17, 15) is 9.59 Å². The van der Waals surface area contributed by atoms with Crippen LogP contribution in [0.1, 0.15) is 18.5 Å². The Labute approximate surface area is 132 Å². The molecule has 0 aliphatic rings. The van der Waals surface area contributed by atoms with Gasteiger partial charge in [-0.1, -0.05) is 12.1 Å². The maximum Gasteiger partial charge on any atom is 0.303 e. The molecule has 0 unspecified atom stereocenters. The zero-order valence-corrected chi connectivity index (χ0v) is 14.0. The highest BCUT2D eigenvalue weighted by atomic mass is 16.5. The van der Waals surface area contributed by atoms with E-state index in [4.69, 9.17) is 0 Å². The predicted molar refractivity (Wildman–Crippen MR) is 86.0 cm³/mol. The molecule has 0 spiro atoms. The number of hydrogen-bond acceptors (Lipinski definition) is 4. The average molecular weight is 308 g/mol. The first-order valence-corrected chi connectivity index (χ1v) is 7.28. The summed E-state index contributed by atoms with van der Waals surface area (Å²) >= 11 is 0. The molecule has 0 aliphatic carbocycles. The number of hydrogen-bond donors (Lipinski definition) is 2.